The Morgan fingerprint density at radius 1 is 0.308 bits per heavy atom. The second-order valence-corrected chi connectivity index (χ2v) is 16.6. The van der Waals surface area contributed by atoms with E-state index in [4.69, 9.17) is 9.47 Å². The third kappa shape index (κ3) is 6.95. The molecule has 11 rings (SSSR count). The van der Waals surface area contributed by atoms with E-state index in [0.29, 0.717) is 11.5 Å². The van der Waals surface area contributed by atoms with E-state index >= 15 is 0 Å². The van der Waals surface area contributed by atoms with Crippen molar-refractivity contribution >= 4 is 21.5 Å². The molecule has 0 saturated carbocycles. The molecule has 0 aromatic heterocycles. The van der Waals surface area contributed by atoms with Crippen molar-refractivity contribution in [3.63, 3.8) is 0 Å². The average molecular weight is 843 g/mol. The molecule has 10 aromatic carbocycles. The molecule has 1 aliphatic carbocycles. The molecule has 0 amide bonds. The van der Waals surface area contributed by atoms with Crippen LogP contribution in [0.3, 0.4) is 0 Å². The summed E-state index contributed by atoms with van der Waals surface area (Å²) in [5, 5.41) is 24.7. The van der Waals surface area contributed by atoms with Crippen LogP contribution >= 0.6 is 0 Å². The first-order valence-corrected chi connectivity index (χ1v) is 22.3. The number of benzene rings is 10. The van der Waals surface area contributed by atoms with Crippen LogP contribution in [0.1, 0.15) is 22.3 Å². The predicted molar refractivity (Wildman–Crippen MR) is 266 cm³/mol. The molecule has 1 aliphatic rings. The minimum atomic E-state index is -0.923. The highest BCUT2D eigenvalue weighted by Crippen LogP contribution is 2.62. The number of rotatable bonds is 12. The van der Waals surface area contributed by atoms with Crippen LogP contribution in [0.25, 0.3) is 77.2 Å². The Morgan fingerprint density at radius 2 is 0.708 bits per heavy atom. The largest absolute Gasteiger partial charge is 0.491 e. The molecule has 314 valence electrons. The molecule has 0 spiro atoms. The molecule has 0 bridgehead atoms. The van der Waals surface area contributed by atoms with Crippen LogP contribution in [0.15, 0.2) is 218 Å². The third-order valence-corrected chi connectivity index (χ3v) is 13.0. The number of hydrogen-bond acceptors (Lipinski definition) is 4. The van der Waals surface area contributed by atoms with Crippen molar-refractivity contribution in [2.75, 3.05) is 26.4 Å². The standard InChI is InChI=1S/C61H46O4/c62-33-35-64-57-31-29-49(39-55(57)43-15-3-1-4-16-43)61(50-30-32-58(65-36-34-63)56(40-50)44-17-5-2-6-18-44)59-51(47-27-25-41-13-7-9-19-45(41)37-47)21-11-23-53(59)54-24-12-22-52(60(54)61)48-28-26-42-14-8-10-20-46(42)38-48/h1-32,37-40,62-63H,33-36H2. The molecular weight excluding hydrogens is 797 g/mol. The molecule has 0 heterocycles. The van der Waals surface area contributed by atoms with Crippen LogP contribution in [-0.4, -0.2) is 36.6 Å². The first-order chi connectivity index (χ1) is 32.1. The minimum Gasteiger partial charge on any atom is -0.491 e. The van der Waals surface area contributed by atoms with Gasteiger partial charge in [-0.1, -0.05) is 182 Å². The van der Waals surface area contributed by atoms with Crippen molar-refractivity contribution in [3.8, 4) is 67.1 Å². The number of aliphatic hydroxyl groups excluding tert-OH is 2. The van der Waals surface area contributed by atoms with Crippen molar-refractivity contribution in [3.05, 3.63) is 241 Å². The van der Waals surface area contributed by atoms with E-state index in [1.54, 1.807) is 0 Å². The lowest BCUT2D eigenvalue weighted by Crippen LogP contribution is -2.30. The van der Waals surface area contributed by atoms with Crippen molar-refractivity contribution in [2.24, 2.45) is 0 Å². The molecule has 0 saturated heterocycles. The van der Waals surface area contributed by atoms with E-state index in [1.165, 1.54) is 32.7 Å². The number of fused-ring (bicyclic) bond motifs is 5. The topological polar surface area (TPSA) is 58.9 Å². The molecule has 65 heavy (non-hydrogen) atoms. The lowest BCUT2D eigenvalue weighted by atomic mass is 9.64. The number of aliphatic hydroxyl groups is 2. The summed E-state index contributed by atoms with van der Waals surface area (Å²) in [7, 11) is 0. The van der Waals surface area contributed by atoms with E-state index < -0.39 is 5.41 Å². The molecule has 0 radical (unpaired) electrons. The summed E-state index contributed by atoms with van der Waals surface area (Å²) in [5.74, 6) is 1.40. The first-order valence-electron chi connectivity index (χ1n) is 22.3. The molecule has 0 atom stereocenters. The van der Waals surface area contributed by atoms with Crippen LogP contribution in [0, 0.1) is 0 Å². The fourth-order valence-corrected chi connectivity index (χ4v) is 10.2. The molecule has 0 aliphatic heterocycles. The van der Waals surface area contributed by atoms with E-state index in [1.807, 2.05) is 12.1 Å². The van der Waals surface area contributed by atoms with Crippen LogP contribution in [0.5, 0.6) is 11.5 Å². The Kier molecular flexibility index (Phi) is 10.5. The van der Waals surface area contributed by atoms with Crippen LogP contribution in [0.4, 0.5) is 0 Å². The zero-order valence-corrected chi connectivity index (χ0v) is 35.8. The Balaban J connectivity index is 1.31. The lowest BCUT2D eigenvalue weighted by Gasteiger charge is -2.37. The summed E-state index contributed by atoms with van der Waals surface area (Å²) in [5.41, 5.74) is 14.3. The van der Waals surface area contributed by atoms with Crippen LogP contribution in [0.2, 0.25) is 0 Å². The fraction of sp³-hybridized carbons (Fsp3) is 0.0820. The second-order valence-electron chi connectivity index (χ2n) is 16.6. The SMILES string of the molecule is OCCOc1ccc(C2(c3ccc(OCCO)c(-c4ccccc4)c3)c3c(-c4ccc5ccccc5c4)cccc3-c3cccc(-c4ccc5ccccc5c4)c32)cc1-c1ccccc1. The molecule has 2 N–H and O–H groups in total. The lowest BCUT2D eigenvalue weighted by molar-refractivity contribution is 0.202. The Morgan fingerprint density at radius 3 is 1.14 bits per heavy atom. The Hall–Kier alpha value is -7.76. The maximum absolute atomic E-state index is 9.98. The fourth-order valence-electron chi connectivity index (χ4n) is 10.2. The second kappa shape index (κ2) is 17.1. The van der Waals surface area contributed by atoms with Gasteiger partial charge in [-0.05, 0) is 125 Å². The number of hydrogen-bond donors (Lipinski definition) is 2. The molecule has 4 heteroatoms. The highest BCUT2D eigenvalue weighted by atomic mass is 16.5. The predicted octanol–water partition coefficient (Wildman–Crippen LogP) is 13.8. The van der Waals surface area contributed by atoms with Crippen molar-refractivity contribution < 1.29 is 19.7 Å². The molecule has 4 nitrogen and oxygen atoms in total. The normalized spacial score (nSPS) is 12.5. The van der Waals surface area contributed by atoms with Gasteiger partial charge in [0.05, 0.1) is 18.6 Å². The first kappa shape index (κ1) is 40.0. The highest BCUT2D eigenvalue weighted by molar-refractivity contribution is 6.00. The van der Waals surface area contributed by atoms with Gasteiger partial charge in [0.25, 0.3) is 0 Å². The maximum Gasteiger partial charge on any atom is 0.127 e. The molecule has 10 aromatic rings. The Bertz CT molecular complexity index is 3130. The van der Waals surface area contributed by atoms with Gasteiger partial charge in [0.15, 0.2) is 0 Å². The van der Waals surface area contributed by atoms with Crippen molar-refractivity contribution in [1.29, 1.82) is 0 Å². The van der Waals surface area contributed by atoms with E-state index in [0.717, 1.165) is 66.8 Å². The van der Waals surface area contributed by atoms with E-state index in [9.17, 15) is 10.2 Å². The Labute approximate surface area is 379 Å². The van der Waals surface area contributed by atoms with Gasteiger partial charge in [0.2, 0.25) is 0 Å². The third-order valence-electron chi connectivity index (χ3n) is 13.0. The van der Waals surface area contributed by atoms with E-state index in [2.05, 4.69) is 206 Å². The minimum absolute atomic E-state index is 0.0993. The summed E-state index contributed by atoms with van der Waals surface area (Å²) in [6.45, 7) is 0.143. The van der Waals surface area contributed by atoms with Gasteiger partial charge < -0.3 is 19.7 Å². The zero-order valence-electron chi connectivity index (χ0n) is 35.8. The van der Waals surface area contributed by atoms with Gasteiger partial charge in [-0.25, -0.2) is 0 Å². The summed E-state index contributed by atoms with van der Waals surface area (Å²) in [4.78, 5) is 0. The van der Waals surface area contributed by atoms with Gasteiger partial charge in [0.1, 0.15) is 24.7 Å². The monoisotopic (exact) mass is 842 g/mol. The summed E-state index contributed by atoms with van der Waals surface area (Å²) < 4.78 is 12.7. The quantitative estimate of drug-likeness (QED) is 0.129. The molecule has 0 fully saturated rings. The average Bonchev–Trinajstić information content (AvgIpc) is 3.69. The number of ether oxygens (including phenoxy) is 2. The van der Waals surface area contributed by atoms with E-state index in [-0.39, 0.29) is 26.4 Å². The molecule has 0 unspecified atom stereocenters. The van der Waals surface area contributed by atoms with Crippen LogP contribution < -0.4 is 9.47 Å². The smallest absolute Gasteiger partial charge is 0.127 e. The van der Waals surface area contributed by atoms with Gasteiger partial charge in [0, 0.05) is 11.1 Å². The van der Waals surface area contributed by atoms with Crippen LogP contribution in [-0.2, 0) is 5.41 Å². The maximum atomic E-state index is 9.98. The van der Waals surface area contributed by atoms with Crippen molar-refractivity contribution in [1.82, 2.24) is 0 Å². The van der Waals surface area contributed by atoms with Gasteiger partial charge in [-0.2, -0.15) is 0 Å². The van der Waals surface area contributed by atoms with Gasteiger partial charge in [-0.3, -0.25) is 0 Å². The molecular formula is C61H46O4. The zero-order chi connectivity index (χ0) is 43.7. The summed E-state index contributed by atoms with van der Waals surface area (Å²) in [6.07, 6.45) is 0. The van der Waals surface area contributed by atoms with Crippen molar-refractivity contribution in [2.45, 2.75) is 5.41 Å². The summed E-state index contributed by atoms with van der Waals surface area (Å²) in [6, 6.07) is 78.3. The van der Waals surface area contributed by atoms with Gasteiger partial charge >= 0.3 is 0 Å². The van der Waals surface area contributed by atoms with Gasteiger partial charge in [-0.15, -0.1) is 0 Å². The highest BCUT2D eigenvalue weighted by Gasteiger charge is 2.50. The summed E-state index contributed by atoms with van der Waals surface area (Å²) >= 11 is 0.